The third-order valence-corrected chi connectivity index (χ3v) is 3.89. The van der Waals surface area contributed by atoms with Crippen LogP contribution in [0, 0.1) is 5.41 Å². The highest BCUT2D eigenvalue weighted by Gasteiger charge is 2.25. The first-order chi connectivity index (χ1) is 8.04. The summed E-state index contributed by atoms with van der Waals surface area (Å²) in [4.78, 5) is 0. The molecule has 0 bridgehead atoms. The molecule has 0 saturated carbocycles. The molecule has 0 amide bonds. The smallest absolute Gasteiger partial charge is 0.0346 e. The molecule has 1 nitrogen and oxygen atoms in total. The van der Waals surface area contributed by atoms with E-state index >= 15 is 0 Å². The fraction of sp³-hybridized carbons (Fsp3) is 0.375. The van der Waals surface area contributed by atoms with Gasteiger partial charge < -0.3 is 5.73 Å². The van der Waals surface area contributed by atoms with Crippen LogP contribution in [0.25, 0.3) is 10.8 Å². The molecule has 90 valence electrons. The molecular weight excluding hydrogens is 206 g/mol. The molecule has 1 atom stereocenters. The second kappa shape index (κ2) is 4.50. The Morgan fingerprint density at radius 1 is 1.06 bits per heavy atom. The Bertz CT molecular complexity index is 514. The minimum absolute atomic E-state index is 0.0945. The lowest BCUT2D eigenvalue weighted by Crippen LogP contribution is -2.28. The first-order valence-corrected chi connectivity index (χ1v) is 6.29. The number of nitrogens with two attached hydrogens (primary N) is 1. The van der Waals surface area contributed by atoms with Gasteiger partial charge in [-0.05, 0) is 34.2 Å². The van der Waals surface area contributed by atoms with E-state index in [0.717, 1.165) is 6.42 Å². The molecule has 2 aromatic carbocycles. The van der Waals surface area contributed by atoms with Crippen LogP contribution in [0.5, 0.6) is 0 Å². The largest absolute Gasteiger partial charge is 0.324 e. The van der Waals surface area contributed by atoms with Crippen molar-refractivity contribution in [2.24, 2.45) is 11.1 Å². The van der Waals surface area contributed by atoms with E-state index in [2.05, 4.69) is 63.2 Å². The fourth-order valence-corrected chi connectivity index (χ4v) is 2.07. The normalized spacial score (nSPS) is 13.9. The van der Waals surface area contributed by atoms with Crippen LogP contribution in [0.1, 0.15) is 38.8 Å². The van der Waals surface area contributed by atoms with Gasteiger partial charge in [0.15, 0.2) is 0 Å². The van der Waals surface area contributed by atoms with Crippen molar-refractivity contribution in [2.75, 3.05) is 0 Å². The maximum absolute atomic E-state index is 6.37. The standard InChI is InChI=1S/C16H21N/c1-4-16(2,3)15(17)14-10-9-12-7-5-6-8-13(12)11-14/h5-11,15H,4,17H2,1-3H3. The van der Waals surface area contributed by atoms with Gasteiger partial charge >= 0.3 is 0 Å². The monoisotopic (exact) mass is 227 g/mol. The predicted molar refractivity (Wildman–Crippen MR) is 74.9 cm³/mol. The molecule has 1 unspecified atom stereocenters. The Kier molecular flexibility index (Phi) is 3.21. The van der Waals surface area contributed by atoms with E-state index in [1.54, 1.807) is 0 Å². The van der Waals surface area contributed by atoms with Crippen LogP contribution in [0.2, 0.25) is 0 Å². The van der Waals surface area contributed by atoms with Crippen molar-refractivity contribution < 1.29 is 0 Å². The molecule has 0 heterocycles. The van der Waals surface area contributed by atoms with Crippen LogP contribution in [0.3, 0.4) is 0 Å². The molecule has 17 heavy (non-hydrogen) atoms. The lowest BCUT2D eigenvalue weighted by molar-refractivity contribution is 0.278. The molecule has 2 N–H and O–H groups in total. The average Bonchev–Trinajstić information content (AvgIpc) is 2.37. The van der Waals surface area contributed by atoms with Crippen molar-refractivity contribution in [3.05, 3.63) is 48.0 Å². The SMILES string of the molecule is CCC(C)(C)C(N)c1ccc2ccccc2c1. The minimum Gasteiger partial charge on any atom is -0.324 e. The summed E-state index contributed by atoms with van der Waals surface area (Å²) in [6.07, 6.45) is 1.08. The quantitative estimate of drug-likeness (QED) is 0.832. The molecule has 0 aliphatic heterocycles. The average molecular weight is 227 g/mol. The van der Waals surface area contributed by atoms with Gasteiger partial charge in [0.2, 0.25) is 0 Å². The highest BCUT2D eigenvalue weighted by Crippen LogP contribution is 2.35. The Labute approximate surface area is 104 Å². The lowest BCUT2D eigenvalue weighted by atomic mass is 9.78. The molecule has 0 radical (unpaired) electrons. The van der Waals surface area contributed by atoms with E-state index in [9.17, 15) is 0 Å². The lowest BCUT2D eigenvalue weighted by Gasteiger charge is -2.30. The van der Waals surface area contributed by atoms with Crippen molar-refractivity contribution in [1.29, 1.82) is 0 Å². The summed E-state index contributed by atoms with van der Waals surface area (Å²) in [6.45, 7) is 6.65. The first kappa shape index (κ1) is 12.1. The van der Waals surface area contributed by atoms with E-state index in [0.29, 0.717) is 0 Å². The molecule has 1 heteroatoms. The zero-order chi connectivity index (χ0) is 12.5. The van der Waals surface area contributed by atoms with Crippen molar-refractivity contribution in [1.82, 2.24) is 0 Å². The topological polar surface area (TPSA) is 26.0 Å². The summed E-state index contributed by atoms with van der Waals surface area (Å²) in [5, 5.41) is 2.55. The van der Waals surface area contributed by atoms with Gasteiger partial charge in [-0.3, -0.25) is 0 Å². The molecule has 2 rings (SSSR count). The van der Waals surface area contributed by atoms with Crippen LogP contribution < -0.4 is 5.73 Å². The molecule has 0 aliphatic carbocycles. The zero-order valence-corrected chi connectivity index (χ0v) is 10.9. The summed E-state index contributed by atoms with van der Waals surface area (Å²) in [7, 11) is 0. The van der Waals surface area contributed by atoms with Crippen LogP contribution in [0.15, 0.2) is 42.5 Å². The molecule has 0 aliphatic rings. The van der Waals surface area contributed by atoms with Gasteiger partial charge in [-0.2, -0.15) is 0 Å². The second-order valence-electron chi connectivity index (χ2n) is 5.43. The van der Waals surface area contributed by atoms with E-state index in [4.69, 9.17) is 5.73 Å². The van der Waals surface area contributed by atoms with Gasteiger partial charge in [0.05, 0.1) is 0 Å². The number of benzene rings is 2. The second-order valence-corrected chi connectivity index (χ2v) is 5.43. The van der Waals surface area contributed by atoms with Crippen molar-refractivity contribution in [2.45, 2.75) is 33.2 Å². The van der Waals surface area contributed by atoms with Gasteiger partial charge in [0, 0.05) is 6.04 Å². The van der Waals surface area contributed by atoms with Gasteiger partial charge in [-0.1, -0.05) is 57.2 Å². The van der Waals surface area contributed by atoms with E-state index in [1.807, 2.05) is 0 Å². The van der Waals surface area contributed by atoms with Gasteiger partial charge in [-0.15, -0.1) is 0 Å². The van der Waals surface area contributed by atoms with Gasteiger partial charge in [0.25, 0.3) is 0 Å². The number of rotatable bonds is 3. The Morgan fingerprint density at radius 2 is 1.71 bits per heavy atom. The maximum atomic E-state index is 6.37. The highest BCUT2D eigenvalue weighted by atomic mass is 14.7. The Balaban J connectivity index is 2.43. The minimum atomic E-state index is 0.0945. The number of fused-ring (bicyclic) bond motifs is 1. The van der Waals surface area contributed by atoms with Gasteiger partial charge in [0.1, 0.15) is 0 Å². The molecule has 0 saturated heterocycles. The summed E-state index contributed by atoms with van der Waals surface area (Å²) >= 11 is 0. The maximum Gasteiger partial charge on any atom is 0.0346 e. The van der Waals surface area contributed by atoms with Crippen molar-refractivity contribution >= 4 is 10.8 Å². The predicted octanol–water partition coefficient (Wildman–Crippen LogP) is 4.28. The van der Waals surface area contributed by atoms with Crippen molar-refractivity contribution in [3.63, 3.8) is 0 Å². The molecule has 0 fully saturated rings. The van der Waals surface area contributed by atoms with Gasteiger partial charge in [-0.25, -0.2) is 0 Å². The summed E-state index contributed by atoms with van der Waals surface area (Å²) in [5.74, 6) is 0. The third-order valence-electron chi connectivity index (χ3n) is 3.89. The summed E-state index contributed by atoms with van der Waals surface area (Å²) in [6, 6.07) is 15.1. The molecule has 2 aromatic rings. The third kappa shape index (κ3) is 2.34. The van der Waals surface area contributed by atoms with Crippen molar-refractivity contribution in [3.8, 4) is 0 Å². The summed E-state index contributed by atoms with van der Waals surface area (Å²) in [5.41, 5.74) is 7.75. The molecule has 0 aromatic heterocycles. The fourth-order valence-electron chi connectivity index (χ4n) is 2.07. The summed E-state index contributed by atoms with van der Waals surface area (Å²) < 4.78 is 0. The first-order valence-electron chi connectivity index (χ1n) is 6.29. The zero-order valence-electron chi connectivity index (χ0n) is 10.9. The Hall–Kier alpha value is -1.34. The molecular formula is C16H21N. The van der Waals surface area contributed by atoms with Crippen LogP contribution in [-0.4, -0.2) is 0 Å². The van der Waals surface area contributed by atoms with E-state index in [-0.39, 0.29) is 11.5 Å². The number of hydrogen-bond donors (Lipinski definition) is 1. The van der Waals surface area contributed by atoms with E-state index in [1.165, 1.54) is 16.3 Å². The van der Waals surface area contributed by atoms with E-state index < -0.39 is 0 Å². The van der Waals surface area contributed by atoms with Crippen LogP contribution in [0.4, 0.5) is 0 Å². The highest BCUT2D eigenvalue weighted by molar-refractivity contribution is 5.83. The number of hydrogen-bond acceptors (Lipinski definition) is 1. The van der Waals surface area contributed by atoms with Crippen LogP contribution >= 0.6 is 0 Å². The molecule has 0 spiro atoms. The van der Waals surface area contributed by atoms with Crippen LogP contribution in [-0.2, 0) is 0 Å². The Morgan fingerprint density at radius 3 is 2.35 bits per heavy atom.